The number of hydrogen-bond acceptors (Lipinski definition) is 1. The minimum atomic E-state index is 1.18. The fourth-order valence-corrected chi connectivity index (χ4v) is 2.27. The van der Waals surface area contributed by atoms with E-state index in [0.717, 1.165) is 0 Å². The van der Waals surface area contributed by atoms with Crippen LogP contribution in [-0.2, 0) is 0 Å². The third-order valence-corrected chi connectivity index (χ3v) is 3.08. The Labute approximate surface area is 73.1 Å². The van der Waals surface area contributed by atoms with Crippen molar-refractivity contribution in [1.29, 1.82) is 0 Å². The predicted octanol–water partition coefficient (Wildman–Crippen LogP) is 3.53. The first-order chi connectivity index (χ1) is 5.38. The smallest absolute Gasteiger partial charge is 0.00979 e. The molecule has 0 spiro atoms. The molecule has 0 saturated carbocycles. The van der Waals surface area contributed by atoms with E-state index in [0.29, 0.717) is 0 Å². The van der Waals surface area contributed by atoms with Crippen LogP contribution >= 0.6 is 11.8 Å². The quantitative estimate of drug-likeness (QED) is 0.604. The van der Waals surface area contributed by atoms with E-state index in [9.17, 15) is 0 Å². The molecule has 1 aliphatic heterocycles. The molecule has 0 bridgehead atoms. The van der Waals surface area contributed by atoms with E-state index >= 15 is 0 Å². The van der Waals surface area contributed by atoms with E-state index in [1.54, 1.807) is 0 Å². The highest BCUT2D eigenvalue weighted by Gasteiger charge is 2.05. The van der Waals surface area contributed by atoms with Gasteiger partial charge in [-0.05, 0) is 30.6 Å². The van der Waals surface area contributed by atoms with Gasteiger partial charge in [0.2, 0.25) is 0 Å². The highest BCUT2D eigenvalue weighted by molar-refractivity contribution is 8.03. The molecule has 0 fully saturated rings. The highest BCUT2D eigenvalue weighted by atomic mass is 32.2. The number of thioether (sulfide) groups is 1. The summed E-state index contributed by atoms with van der Waals surface area (Å²) in [6.07, 6.45) is 7.71. The fourth-order valence-electron chi connectivity index (χ4n) is 1.21. The maximum atomic E-state index is 3.81. The van der Waals surface area contributed by atoms with Crippen molar-refractivity contribution in [3.8, 4) is 0 Å². The summed E-state index contributed by atoms with van der Waals surface area (Å²) in [6.45, 7) is 7.60. The van der Waals surface area contributed by atoms with E-state index in [2.05, 4.69) is 13.2 Å². The normalized spacial score (nSPS) is 19.3. The zero-order chi connectivity index (χ0) is 8.10. The Kier molecular flexibility index (Phi) is 3.50. The van der Waals surface area contributed by atoms with Crippen LogP contribution in [0.15, 0.2) is 35.8 Å². The second kappa shape index (κ2) is 4.45. The molecule has 1 aliphatic rings. The first-order valence-corrected chi connectivity index (χ1v) is 4.98. The molecule has 0 aliphatic carbocycles. The Morgan fingerprint density at radius 2 is 2.00 bits per heavy atom. The summed E-state index contributed by atoms with van der Waals surface area (Å²) in [6, 6.07) is 0. The molecule has 0 N–H and O–H groups in total. The van der Waals surface area contributed by atoms with Crippen LogP contribution in [0.5, 0.6) is 0 Å². The van der Waals surface area contributed by atoms with E-state index in [1.807, 2.05) is 23.9 Å². The van der Waals surface area contributed by atoms with Crippen molar-refractivity contribution in [3.63, 3.8) is 0 Å². The monoisotopic (exact) mass is 166 g/mol. The van der Waals surface area contributed by atoms with Crippen LogP contribution in [0.1, 0.15) is 19.3 Å². The van der Waals surface area contributed by atoms with Gasteiger partial charge in [-0.2, -0.15) is 0 Å². The van der Waals surface area contributed by atoms with Crippen molar-refractivity contribution in [2.45, 2.75) is 19.3 Å². The van der Waals surface area contributed by atoms with Gasteiger partial charge in [-0.3, -0.25) is 0 Å². The summed E-state index contributed by atoms with van der Waals surface area (Å²) in [5.74, 6) is 1.23. The number of hydrogen-bond donors (Lipinski definition) is 0. The molecule has 60 valence electrons. The van der Waals surface area contributed by atoms with Crippen LogP contribution in [0.25, 0.3) is 0 Å². The molecule has 0 nitrogen and oxygen atoms in total. The summed E-state index contributed by atoms with van der Waals surface area (Å²) < 4.78 is 0. The van der Waals surface area contributed by atoms with Gasteiger partial charge in [0.25, 0.3) is 0 Å². The molecule has 0 saturated heterocycles. The maximum Gasteiger partial charge on any atom is 0.00979 e. The topological polar surface area (TPSA) is 0 Å². The molecule has 11 heavy (non-hydrogen) atoms. The SMILES string of the molecule is C=CC1=C(C=C)SCCCC1. The second-order valence-electron chi connectivity index (χ2n) is 2.60. The number of rotatable bonds is 2. The molecule has 0 aromatic rings. The van der Waals surface area contributed by atoms with Crippen LogP contribution in [0.2, 0.25) is 0 Å². The van der Waals surface area contributed by atoms with Gasteiger partial charge >= 0.3 is 0 Å². The third-order valence-electron chi connectivity index (χ3n) is 1.85. The summed E-state index contributed by atoms with van der Waals surface area (Å²) >= 11 is 1.91. The third kappa shape index (κ3) is 2.26. The summed E-state index contributed by atoms with van der Waals surface area (Å²) in [7, 11) is 0. The molecule has 0 radical (unpaired) electrons. The summed E-state index contributed by atoms with van der Waals surface area (Å²) in [5, 5.41) is 0. The van der Waals surface area contributed by atoms with Gasteiger partial charge < -0.3 is 0 Å². The van der Waals surface area contributed by atoms with Crippen molar-refractivity contribution in [1.82, 2.24) is 0 Å². The Bertz CT molecular complexity index is 169. The van der Waals surface area contributed by atoms with Crippen molar-refractivity contribution in [2.24, 2.45) is 0 Å². The summed E-state index contributed by atoms with van der Waals surface area (Å²) in [4.78, 5) is 1.33. The van der Waals surface area contributed by atoms with Crippen molar-refractivity contribution >= 4 is 11.8 Å². The lowest BCUT2D eigenvalue weighted by molar-refractivity contribution is 0.812. The Morgan fingerprint density at radius 1 is 1.18 bits per heavy atom. The molecular formula is C10H14S. The molecule has 0 amide bonds. The molecule has 0 atom stereocenters. The lowest BCUT2D eigenvalue weighted by Crippen LogP contribution is -1.79. The molecule has 0 aromatic carbocycles. The number of allylic oxidation sites excluding steroid dienone is 3. The van der Waals surface area contributed by atoms with Crippen LogP contribution in [0, 0.1) is 0 Å². The van der Waals surface area contributed by atoms with Crippen LogP contribution in [0.3, 0.4) is 0 Å². The van der Waals surface area contributed by atoms with Gasteiger partial charge in [0.15, 0.2) is 0 Å². The van der Waals surface area contributed by atoms with Crippen molar-refractivity contribution in [2.75, 3.05) is 5.75 Å². The maximum absolute atomic E-state index is 3.81. The van der Waals surface area contributed by atoms with Crippen molar-refractivity contribution in [3.05, 3.63) is 35.8 Å². The van der Waals surface area contributed by atoms with E-state index in [1.165, 1.54) is 35.5 Å². The van der Waals surface area contributed by atoms with Gasteiger partial charge in [0.1, 0.15) is 0 Å². The summed E-state index contributed by atoms with van der Waals surface area (Å²) in [5.41, 5.74) is 1.38. The molecule has 1 rings (SSSR count). The Balaban J connectivity index is 2.79. The fraction of sp³-hybridized carbons (Fsp3) is 0.400. The molecule has 1 heteroatoms. The average Bonchev–Trinajstić information content (AvgIpc) is 2.27. The van der Waals surface area contributed by atoms with E-state index in [-0.39, 0.29) is 0 Å². The van der Waals surface area contributed by atoms with Crippen molar-refractivity contribution < 1.29 is 0 Å². The highest BCUT2D eigenvalue weighted by Crippen LogP contribution is 2.29. The minimum absolute atomic E-state index is 1.18. The largest absolute Gasteiger partial charge is 0.126 e. The molecule has 0 aromatic heterocycles. The Hall–Kier alpha value is -0.430. The van der Waals surface area contributed by atoms with Gasteiger partial charge in [-0.25, -0.2) is 0 Å². The van der Waals surface area contributed by atoms with Crippen LogP contribution < -0.4 is 0 Å². The first-order valence-electron chi connectivity index (χ1n) is 3.99. The zero-order valence-corrected chi connectivity index (χ0v) is 7.62. The Morgan fingerprint density at radius 3 is 2.64 bits per heavy atom. The van der Waals surface area contributed by atoms with Gasteiger partial charge in [-0.15, -0.1) is 11.8 Å². The standard InChI is InChI=1S/C10H14S/c1-3-9-7-5-6-8-11-10(9)4-2/h3-4H,1-2,5-8H2. The molecular weight excluding hydrogens is 152 g/mol. The van der Waals surface area contributed by atoms with Gasteiger partial charge in [0.05, 0.1) is 0 Å². The lowest BCUT2D eigenvalue weighted by Gasteiger charge is -2.01. The van der Waals surface area contributed by atoms with E-state index < -0.39 is 0 Å². The first kappa shape index (κ1) is 8.66. The van der Waals surface area contributed by atoms with Crippen LogP contribution in [-0.4, -0.2) is 5.75 Å². The van der Waals surface area contributed by atoms with Gasteiger partial charge in [-0.1, -0.05) is 25.3 Å². The zero-order valence-electron chi connectivity index (χ0n) is 6.81. The average molecular weight is 166 g/mol. The van der Waals surface area contributed by atoms with Gasteiger partial charge in [0, 0.05) is 4.91 Å². The molecule has 0 unspecified atom stereocenters. The van der Waals surface area contributed by atoms with E-state index in [4.69, 9.17) is 0 Å². The minimum Gasteiger partial charge on any atom is -0.126 e. The van der Waals surface area contributed by atoms with Crippen LogP contribution in [0.4, 0.5) is 0 Å². The lowest BCUT2D eigenvalue weighted by atomic mass is 10.1. The second-order valence-corrected chi connectivity index (χ2v) is 3.74. The molecule has 1 heterocycles. The predicted molar refractivity (Wildman–Crippen MR) is 53.7 cm³/mol.